The van der Waals surface area contributed by atoms with E-state index in [2.05, 4.69) is 43.4 Å². The van der Waals surface area contributed by atoms with Crippen molar-refractivity contribution in [1.29, 1.82) is 0 Å². The number of nitrogens with one attached hydrogen (secondary N) is 1. The smallest absolute Gasteiger partial charge is 0.122 e. The monoisotopic (exact) mass is 285 g/mol. The Morgan fingerprint density at radius 2 is 2.05 bits per heavy atom. The van der Waals surface area contributed by atoms with Gasteiger partial charge in [0.05, 0.1) is 12.6 Å². The molecule has 3 nitrogen and oxygen atoms in total. The number of hydrogen-bond acceptors (Lipinski definition) is 3. The number of rotatable bonds is 6. The van der Waals surface area contributed by atoms with Crippen LogP contribution in [-0.4, -0.2) is 13.2 Å². The van der Waals surface area contributed by atoms with E-state index >= 15 is 0 Å². The molecule has 1 N–H and O–H groups in total. The largest absolute Gasteiger partial charge is 0.493 e. The highest BCUT2D eigenvalue weighted by Crippen LogP contribution is 2.41. The zero-order chi connectivity index (χ0) is 14.7. The average Bonchev–Trinajstić information content (AvgIpc) is 3.15. The SMILES string of the molecule is CCCNC(c1ccc(CC)o1)C1COc2ccccc21. The zero-order valence-corrected chi connectivity index (χ0v) is 12.8. The van der Waals surface area contributed by atoms with Crippen LogP contribution in [-0.2, 0) is 6.42 Å². The van der Waals surface area contributed by atoms with Crippen LogP contribution >= 0.6 is 0 Å². The number of hydrogen-bond donors (Lipinski definition) is 1. The van der Waals surface area contributed by atoms with Crippen molar-refractivity contribution in [3.05, 3.63) is 53.5 Å². The Balaban J connectivity index is 1.89. The van der Waals surface area contributed by atoms with Crippen LogP contribution in [0.25, 0.3) is 0 Å². The van der Waals surface area contributed by atoms with Gasteiger partial charge in [-0.15, -0.1) is 0 Å². The number of benzene rings is 1. The second kappa shape index (κ2) is 6.35. The number of ether oxygens (including phenoxy) is 1. The van der Waals surface area contributed by atoms with Crippen molar-refractivity contribution >= 4 is 0 Å². The Labute approximate surface area is 126 Å². The predicted octanol–water partition coefficient (Wildman–Crippen LogP) is 4.06. The molecule has 3 rings (SSSR count). The number of furan rings is 1. The van der Waals surface area contributed by atoms with E-state index in [4.69, 9.17) is 9.15 Å². The molecule has 1 aliphatic heterocycles. The second-order valence-electron chi connectivity index (χ2n) is 5.54. The zero-order valence-electron chi connectivity index (χ0n) is 12.8. The first-order valence-corrected chi connectivity index (χ1v) is 7.87. The topological polar surface area (TPSA) is 34.4 Å². The number of para-hydroxylation sites is 1. The molecule has 1 aliphatic rings. The minimum absolute atomic E-state index is 0.175. The molecular weight excluding hydrogens is 262 g/mol. The Morgan fingerprint density at radius 3 is 2.81 bits per heavy atom. The van der Waals surface area contributed by atoms with Crippen LogP contribution in [0.15, 0.2) is 40.8 Å². The fourth-order valence-electron chi connectivity index (χ4n) is 2.96. The van der Waals surface area contributed by atoms with Gasteiger partial charge < -0.3 is 14.5 Å². The maximum Gasteiger partial charge on any atom is 0.122 e. The van der Waals surface area contributed by atoms with E-state index in [0.717, 1.165) is 36.7 Å². The van der Waals surface area contributed by atoms with Gasteiger partial charge in [-0.1, -0.05) is 32.0 Å². The van der Waals surface area contributed by atoms with Crippen molar-refractivity contribution in [1.82, 2.24) is 5.32 Å². The lowest BCUT2D eigenvalue weighted by Crippen LogP contribution is -2.28. The summed E-state index contributed by atoms with van der Waals surface area (Å²) in [6.07, 6.45) is 2.03. The summed E-state index contributed by atoms with van der Waals surface area (Å²) < 4.78 is 11.8. The molecule has 0 saturated carbocycles. The van der Waals surface area contributed by atoms with Crippen LogP contribution in [0.3, 0.4) is 0 Å². The minimum Gasteiger partial charge on any atom is -0.493 e. The van der Waals surface area contributed by atoms with Crippen molar-refractivity contribution in [3.8, 4) is 5.75 Å². The molecule has 1 aromatic carbocycles. The molecule has 3 heteroatoms. The van der Waals surface area contributed by atoms with E-state index in [1.807, 2.05) is 12.1 Å². The standard InChI is InChI=1S/C18H23NO2/c1-3-11-19-18(17-10-9-13(4-2)21-17)15-12-20-16-8-6-5-7-14(15)16/h5-10,15,18-19H,3-4,11-12H2,1-2H3. The third-order valence-corrected chi connectivity index (χ3v) is 4.09. The Morgan fingerprint density at radius 1 is 1.19 bits per heavy atom. The molecule has 2 heterocycles. The highest BCUT2D eigenvalue weighted by Gasteiger charge is 2.33. The molecule has 2 atom stereocenters. The first-order chi connectivity index (χ1) is 10.3. The van der Waals surface area contributed by atoms with Crippen molar-refractivity contribution in [2.24, 2.45) is 0 Å². The molecule has 0 amide bonds. The maximum absolute atomic E-state index is 6.00. The maximum atomic E-state index is 6.00. The van der Waals surface area contributed by atoms with Crippen molar-refractivity contribution < 1.29 is 9.15 Å². The Hall–Kier alpha value is -1.74. The molecule has 2 unspecified atom stereocenters. The average molecular weight is 285 g/mol. The van der Waals surface area contributed by atoms with E-state index < -0.39 is 0 Å². The van der Waals surface area contributed by atoms with Crippen LogP contribution in [0.4, 0.5) is 0 Å². The highest BCUT2D eigenvalue weighted by molar-refractivity contribution is 5.41. The molecule has 112 valence electrons. The summed E-state index contributed by atoms with van der Waals surface area (Å²) >= 11 is 0. The summed E-state index contributed by atoms with van der Waals surface area (Å²) in [4.78, 5) is 0. The summed E-state index contributed by atoms with van der Waals surface area (Å²) in [5.74, 6) is 3.38. The van der Waals surface area contributed by atoms with Crippen molar-refractivity contribution in [2.45, 2.75) is 38.6 Å². The molecule has 1 aromatic heterocycles. The van der Waals surface area contributed by atoms with E-state index in [1.54, 1.807) is 0 Å². The minimum atomic E-state index is 0.175. The molecule has 0 bridgehead atoms. The van der Waals surface area contributed by atoms with Gasteiger partial charge in [0.2, 0.25) is 0 Å². The fourth-order valence-corrected chi connectivity index (χ4v) is 2.96. The van der Waals surface area contributed by atoms with Gasteiger partial charge in [0, 0.05) is 17.9 Å². The van der Waals surface area contributed by atoms with Crippen LogP contribution in [0.2, 0.25) is 0 Å². The van der Waals surface area contributed by atoms with Crippen molar-refractivity contribution in [3.63, 3.8) is 0 Å². The van der Waals surface area contributed by atoms with Gasteiger partial charge in [-0.2, -0.15) is 0 Å². The van der Waals surface area contributed by atoms with Gasteiger partial charge >= 0.3 is 0 Å². The van der Waals surface area contributed by atoms with Crippen LogP contribution < -0.4 is 10.1 Å². The van der Waals surface area contributed by atoms with E-state index in [1.165, 1.54) is 5.56 Å². The summed E-state index contributed by atoms with van der Waals surface area (Å²) in [5, 5.41) is 3.63. The van der Waals surface area contributed by atoms with Gasteiger partial charge in [0.1, 0.15) is 17.3 Å². The Bertz CT molecular complexity index is 590. The molecule has 2 aromatic rings. The summed E-state index contributed by atoms with van der Waals surface area (Å²) in [6, 6.07) is 12.7. The number of fused-ring (bicyclic) bond motifs is 1. The van der Waals surface area contributed by atoms with Gasteiger partial charge in [0.15, 0.2) is 0 Å². The molecule has 0 aliphatic carbocycles. The molecule has 0 saturated heterocycles. The molecule has 0 fully saturated rings. The Kier molecular flexibility index (Phi) is 4.30. The molecular formula is C18H23NO2. The van der Waals surface area contributed by atoms with Crippen molar-refractivity contribution in [2.75, 3.05) is 13.2 Å². The van der Waals surface area contributed by atoms with Gasteiger partial charge in [-0.05, 0) is 31.2 Å². The van der Waals surface area contributed by atoms with E-state index in [0.29, 0.717) is 12.5 Å². The van der Waals surface area contributed by atoms with E-state index in [-0.39, 0.29) is 6.04 Å². The summed E-state index contributed by atoms with van der Waals surface area (Å²) in [7, 11) is 0. The number of aryl methyl sites for hydroxylation is 1. The van der Waals surface area contributed by atoms with Gasteiger partial charge in [-0.3, -0.25) is 0 Å². The second-order valence-corrected chi connectivity index (χ2v) is 5.54. The van der Waals surface area contributed by atoms with E-state index in [9.17, 15) is 0 Å². The highest BCUT2D eigenvalue weighted by atomic mass is 16.5. The summed E-state index contributed by atoms with van der Waals surface area (Å²) in [6.45, 7) is 5.99. The molecule has 21 heavy (non-hydrogen) atoms. The van der Waals surface area contributed by atoms with Gasteiger partial charge in [0.25, 0.3) is 0 Å². The van der Waals surface area contributed by atoms with Crippen LogP contribution in [0.5, 0.6) is 5.75 Å². The third kappa shape index (κ3) is 2.84. The lowest BCUT2D eigenvalue weighted by molar-refractivity contribution is 0.279. The first-order valence-electron chi connectivity index (χ1n) is 7.87. The summed E-state index contributed by atoms with van der Waals surface area (Å²) in [5.41, 5.74) is 1.28. The van der Waals surface area contributed by atoms with Crippen LogP contribution in [0, 0.1) is 0 Å². The third-order valence-electron chi connectivity index (χ3n) is 4.09. The normalized spacial score (nSPS) is 18.3. The predicted molar refractivity (Wildman–Crippen MR) is 83.8 cm³/mol. The quantitative estimate of drug-likeness (QED) is 0.869. The van der Waals surface area contributed by atoms with Gasteiger partial charge in [-0.25, -0.2) is 0 Å². The van der Waals surface area contributed by atoms with Crippen LogP contribution in [0.1, 0.15) is 49.3 Å². The molecule has 0 radical (unpaired) electrons. The fraction of sp³-hybridized carbons (Fsp3) is 0.444. The first kappa shape index (κ1) is 14.2. The lowest BCUT2D eigenvalue weighted by atomic mass is 9.91. The lowest BCUT2D eigenvalue weighted by Gasteiger charge is -2.22. The molecule has 0 spiro atoms.